The predicted octanol–water partition coefficient (Wildman–Crippen LogP) is 5.69. The van der Waals surface area contributed by atoms with Gasteiger partial charge in [0.15, 0.2) is 0 Å². The van der Waals surface area contributed by atoms with Gasteiger partial charge in [0.25, 0.3) is 0 Å². The predicted molar refractivity (Wildman–Crippen MR) is 134 cm³/mol. The van der Waals surface area contributed by atoms with Crippen LogP contribution in [0.5, 0.6) is 0 Å². The number of ether oxygens (including phenoxy) is 2. The van der Waals surface area contributed by atoms with Gasteiger partial charge < -0.3 is 24.8 Å². The van der Waals surface area contributed by atoms with Crippen molar-refractivity contribution in [2.24, 2.45) is 0 Å². The number of hydrogen-bond donors (Lipinski definition) is 3. The van der Waals surface area contributed by atoms with Crippen molar-refractivity contribution in [3.05, 3.63) is 0 Å². The maximum Gasteiger partial charge on any atom is 0.305 e. The van der Waals surface area contributed by atoms with Gasteiger partial charge in [-0.1, -0.05) is 103 Å². The van der Waals surface area contributed by atoms with Crippen LogP contribution in [0.4, 0.5) is 0 Å². The fourth-order valence-corrected chi connectivity index (χ4v) is 4.05. The average molecular weight is 475 g/mol. The highest BCUT2D eigenvalue weighted by Crippen LogP contribution is 2.17. The fourth-order valence-electron chi connectivity index (χ4n) is 4.05. The first-order valence-electron chi connectivity index (χ1n) is 13.8. The second-order valence-electron chi connectivity index (χ2n) is 9.37. The minimum atomic E-state index is -0.806. The topological polar surface area (TPSA) is 96.2 Å². The Bertz CT molecular complexity index is 404. The van der Waals surface area contributed by atoms with E-state index in [-0.39, 0.29) is 38.5 Å². The van der Waals surface area contributed by atoms with Gasteiger partial charge in [-0.05, 0) is 19.3 Å². The van der Waals surface area contributed by atoms with Crippen LogP contribution in [0.1, 0.15) is 129 Å². The Kier molecular flexibility index (Phi) is 25.4. The standard InChI is InChI=1S/C27H54O6/c1-2-3-4-5-6-7-8-9-10-11-12-15-18-26(33-24-25(30)23-29)19-16-13-14-17-20-27(31)32-22-21-28/h25-26,28-30H,2-24H2,1H3. The second kappa shape index (κ2) is 25.9. The van der Waals surface area contributed by atoms with Gasteiger partial charge in [0, 0.05) is 6.42 Å². The molecule has 0 aliphatic heterocycles. The first kappa shape index (κ1) is 32.3. The highest BCUT2D eigenvalue weighted by atomic mass is 16.5. The summed E-state index contributed by atoms with van der Waals surface area (Å²) in [6.45, 7) is 2.14. The van der Waals surface area contributed by atoms with Crippen LogP contribution in [0.25, 0.3) is 0 Å². The summed E-state index contributed by atoms with van der Waals surface area (Å²) in [5.74, 6) is -0.241. The SMILES string of the molecule is CCCCCCCCCCCCCCC(CCCCCCC(=O)OCCO)OCC(O)CO. The average Bonchev–Trinajstić information content (AvgIpc) is 2.82. The van der Waals surface area contributed by atoms with Gasteiger partial charge in [-0.25, -0.2) is 0 Å². The third-order valence-electron chi connectivity index (χ3n) is 6.13. The van der Waals surface area contributed by atoms with Crippen molar-refractivity contribution in [3.8, 4) is 0 Å². The Hall–Kier alpha value is -0.690. The van der Waals surface area contributed by atoms with Gasteiger partial charge in [-0.3, -0.25) is 4.79 Å². The molecule has 0 saturated carbocycles. The zero-order valence-electron chi connectivity index (χ0n) is 21.5. The van der Waals surface area contributed by atoms with E-state index < -0.39 is 6.10 Å². The molecule has 198 valence electrons. The lowest BCUT2D eigenvalue weighted by atomic mass is 10.0. The highest BCUT2D eigenvalue weighted by molar-refractivity contribution is 5.69. The molecule has 0 rings (SSSR count). The van der Waals surface area contributed by atoms with Gasteiger partial charge in [0.05, 0.1) is 25.9 Å². The molecular formula is C27H54O6. The molecule has 2 atom stereocenters. The zero-order valence-corrected chi connectivity index (χ0v) is 21.5. The van der Waals surface area contributed by atoms with Gasteiger partial charge in [0.1, 0.15) is 12.7 Å². The van der Waals surface area contributed by atoms with E-state index in [0.29, 0.717) is 6.42 Å². The normalized spacial score (nSPS) is 13.2. The van der Waals surface area contributed by atoms with Crippen LogP contribution in [-0.2, 0) is 14.3 Å². The Morgan fingerprint density at radius 2 is 1.21 bits per heavy atom. The number of aliphatic hydroxyl groups is 3. The van der Waals surface area contributed by atoms with E-state index in [1.54, 1.807) is 0 Å². The van der Waals surface area contributed by atoms with Crippen molar-refractivity contribution in [1.29, 1.82) is 0 Å². The van der Waals surface area contributed by atoms with Crippen molar-refractivity contribution in [3.63, 3.8) is 0 Å². The zero-order chi connectivity index (χ0) is 24.4. The summed E-state index contributed by atoms with van der Waals surface area (Å²) in [5.41, 5.74) is 0. The summed E-state index contributed by atoms with van der Waals surface area (Å²) in [5, 5.41) is 27.3. The van der Waals surface area contributed by atoms with Crippen LogP contribution in [0.3, 0.4) is 0 Å². The fraction of sp³-hybridized carbons (Fsp3) is 0.963. The summed E-state index contributed by atoms with van der Waals surface area (Å²) in [6, 6.07) is 0. The molecule has 0 radical (unpaired) electrons. The molecule has 2 unspecified atom stereocenters. The molecular weight excluding hydrogens is 420 g/mol. The molecule has 3 N–H and O–H groups in total. The van der Waals surface area contributed by atoms with E-state index >= 15 is 0 Å². The lowest BCUT2D eigenvalue weighted by Gasteiger charge is -2.19. The quantitative estimate of drug-likeness (QED) is 0.110. The van der Waals surface area contributed by atoms with Crippen LogP contribution in [0.15, 0.2) is 0 Å². The molecule has 0 saturated heterocycles. The number of carbonyl (C=O) groups is 1. The minimum Gasteiger partial charge on any atom is -0.463 e. The van der Waals surface area contributed by atoms with Crippen molar-refractivity contribution in [1.82, 2.24) is 0 Å². The van der Waals surface area contributed by atoms with Crippen molar-refractivity contribution < 1.29 is 29.6 Å². The molecule has 0 spiro atoms. The van der Waals surface area contributed by atoms with E-state index in [9.17, 15) is 9.90 Å². The molecule has 0 aliphatic carbocycles. The summed E-state index contributed by atoms with van der Waals surface area (Å²) in [4.78, 5) is 11.4. The van der Waals surface area contributed by atoms with Crippen LogP contribution < -0.4 is 0 Å². The molecule has 0 heterocycles. The molecule has 33 heavy (non-hydrogen) atoms. The van der Waals surface area contributed by atoms with Crippen LogP contribution in [0, 0.1) is 0 Å². The summed E-state index contributed by atoms with van der Waals surface area (Å²) in [7, 11) is 0. The number of carbonyl (C=O) groups excluding carboxylic acids is 1. The lowest BCUT2D eigenvalue weighted by Crippen LogP contribution is -2.24. The Balaban J connectivity index is 3.79. The van der Waals surface area contributed by atoms with Crippen molar-refractivity contribution >= 4 is 5.97 Å². The number of rotatable bonds is 26. The van der Waals surface area contributed by atoms with E-state index in [1.165, 1.54) is 70.6 Å². The Labute approximate surface area is 203 Å². The van der Waals surface area contributed by atoms with E-state index in [1.807, 2.05) is 0 Å². The smallest absolute Gasteiger partial charge is 0.305 e. The molecule has 0 fully saturated rings. The van der Waals surface area contributed by atoms with Gasteiger partial charge in [-0.2, -0.15) is 0 Å². The van der Waals surface area contributed by atoms with Crippen LogP contribution in [-0.4, -0.2) is 59.9 Å². The molecule has 6 nitrogen and oxygen atoms in total. The van der Waals surface area contributed by atoms with Crippen LogP contribution in [0.2, 0.25) is 0 Å². The van der Waals surface area contributed by atoms with E-state index in [4.69, 9.17) is 19.7 Å². The summed E-state index contributed by atoms with van der Waals surface area (Å²) < 4.78 is 10.7. The molecule has 0 aliphatic rings. The minimum absolute atomic E-state index is 0.0800. The van der Waals surface area contributed by atoms with E-state index in [0.717, 1.165) is 44.9 Å². The monoisotopic (exact) mass is 474 g/mol. The molecule has 0 aromatic heterocycles. The third kappa shape index (κ3) is 24.2. The first-order valence-corrected chi connectivity index (χ1v) is 13.8. The first-order chi connectivity index (χ1) is 16.1. The highest BCUT2D eigenvalue weighted by Gasteiger charge is 2.12. The number of unbranched alkanes of at least 4 members (excludes halogenated alkanes) is 14. The molecule has 0 aromatic carbocycles. The number of esters is 1. The molecule has 0 aromatic rings. The molecule has 0 amide bonds. The largest absolute Gasteiger partial charge is 0.463 e. The van der Waals surface area contributed by atoms with Gasteiger partial charge in [0.2, 0.25) is 0 Å². The Morgan fingerprint density at radius 1 is 0.727 bits per heavy atom. The van der Waals surface area contributed by atoms with Crippen molar-refractivity contribution in [2.75, 3.05) is 26.4 Å². The maximum atomic E-state index is 11.4. The third-order valence-corrected chi connectivity index (χ3v) is 6.13. The van der Waals surface area contributed by atoms with Gasteiger partial charge >= 0.3 is 5.97 Å². The molecule has 6 heteroatoms. The lowest BCUT2D eigenvalue weighted by molar-refractivity contribution is -0.144. The number of hydrogen-bond acceptors (Lipinski definition) is 6. The summed E-state index contributed by atoms with van der Waals surface area (Å²) >= 11 is 0. The number of aliphatic hydroxyl groups excluding tert-OH is 3. The second-order valence-corrected chi connectivity index (χ2v) is 9.37. The van der Waals surface area contributed by atoms with E-state index in [2.05, 4.69) is 6.92 Å². The van der Waals surface area contributed by atoms with Gasteiger partial charge in [-0.15, -0.1) is 0 Å². The summed E-state index contributed by atoms with van der Waals surface area (Å²) in [6.07, 6.45) is 21.5. The van der Waals surface area contributed by atoms with Crippen LogP contribution >= 0.6 is 0 Å². The maximum absolute atomic E-state index is 11.4. The Morgan fingerprint density at radius 3 is 1.70 bits per heavy atom. The molecule has 0 bridgehead atoms. The van der Waals surface area contributed by atoms with Crippen molar-refractivity contribution in [2.45, 2.75) is 141 Å².